The number of nitrogens with zero attached hydrogens (tertiary/aromatic N) is 1. The Morgan fingerprint density at radius 3 is 2.39 bits per heavy atom. The standard InChI is InChI=1S/C22H25ClN2O6/c1-29-18-5-4-14(9-16(18)23)24-21(26)12-25-7-6-13-8-19(30-2)20(31-3)10-15(13)17(25)11-22(27)28/h4-5,8-10,17H,6-7,11-12H2,1-3H3,(H,24,26)(H,27,28). The third-order valence-electron chi connectivity index (χ3n) is 5.26. The highest BCUT2D eigenvalue weighted by Crippen LogP contribution is 2.39. The first kappa shape index (κ1) is 22.7. The van der Waals surface area contributed by atoms with Crippen LogP contribution in [0.4, 0.5) is 5.69 Å². The number of carbonyl (C=O) groups is 2. The molecule has 1 atom stereocenters. The predicted molar refractivity (Wildman–Crippen MR) is 116 cm³/mol. The molecule has 2 aromatic rings. The lowest BCUT2D eigenvalue weighted by atomic mass is 9.90. The number of carboxylic acid groups (broad SMARTS) is 1. The lowest BCUT2D eigenvalue weighted by Gasteiger charge is -2.36. The number of methoxy groups -OCH3 is 3. The molecule has 1 amide bonds. The van der Waals surface area contributed by atoms with Gasteiger partial charge in [0.05, 0.1) is 39.3 Å². The number of fused-ring (bicyclic) bond motifs is 1. The summed E-state index contributed by atoms with van der Waals surface area (Å²) in [5.74, 6) is 0.424. The Balaban J connectivity index is 1.81. The minimum Gasteiger partial charge on any atom is -0.495 e. The van der Waals surface area contributed by atoms with Gasteiger partial charge in [0.15, 0.2) is 11.5 Å². The van der Waals surface area contributed by atoms with Crippen LogP contribution in [0.1, 0.15) is 23.6 Å². The van der Waals surface area contributed by atoms with Crippen LogP contribution in [0.15, 0.2) is 30.3 Å². The molecule has 2 aromatic carbocycles. The van der Waals surface area contributed by atoms with Gasteiger partial charge in [0.1, 0.15) is 5.75 Å². The molecule has 3 rings (SSSR count). The van der Waals surface area contributed by atoms with Crippen LogP contribution in [0.2, 0.25) is 5.02 Å². The maximum absolute atomic E-state index is 12.7. The monoisotopic (exact) mass is 448 g/mol. The number of amides is 1. The van der Waals surface area contributed by atoms with Gasteiger partial charge >= 0.3 is 5.97 Å². The number of hydrogen-bond acceptors (Lipinski definition) is 6. The molecule has 166 valence electrons. The number of benzene rings is 2. The highest BCUT2D eigenvalue weighted by atomic mass is 35.5. The van der Waals surface area contributed by atoms with Gasteiger partial charge in [-0.1, -0.05) is 11.6 Å². The minimum absolute atomic E-state index is 0.0371. The Morgan fingerprint density at radius 2 is 1.77 bits per heavy atom. The fourth-order valence-electron chi connectivity index (χ4n) is 3.80. The van der Waals surface area contributed by atoms with Gasteiger partial charge < -0.3 is 24.6 Å². The third kappa shape index (κ3) is 5.21. The molecule has 1 aliphatic rings. The van der Waals surface area contributed by atoms with E-state index in [2.05, 4.69) is 5.32 Å². The molecule has 0 aromatic heterocycles. The van der Waals surface area contributed by atoms with E-state index in [0.717, 1.165) is 11.1 Å². The molecule has 8 nitrogen and oxygen atoms in total. The number of anilines is 1. The van der Waals surface area contributed by atoms with Crippen molar-refractivity contribution in [3.63, 3.8) is 0 Å². The van der Waals surface area contributed by atoms with Gasteiger partial charge in [-0.05, 0) is 47.9 Å². The molecule has 0 bridgehead atoms. The van der Waals surface area contributed by atoms with E-state index in [9.17, 15) is 14.7 Å². The molecule has 0 radical (unpaired) electrons. The summed E-state index contributed by atoms with van der Waals surface area (Å²) in [5, 5.41) is 12.7. The van der Waals surface area contributed by atoms with E-state index in [4.69, 9.17) is 25.8 Å². The number of halogens is 1. The number of carboxylic acids is 1. The highest BCUT2D eigenvalue weighted by Gasteiger charge is 2.32. The summed E-state index contributed by atoms with van der Waals surface area (Å²) in [6.07, 6.45) is 0.525. The van der Waals surface area contributed by atoms with Crippen molar-refractivity contribution in [1.29, 1.82) is 0 Å². The van der Waals surface area contributed by atoms with Gasteiger partial charge in [-0.25, -0.2) is 0 Å². The molecule has 0 fully saturated rings. The minimum atomic E-state index is -0.944. The summed E-state index contributed by atoms with van der Waals surface area (Å²) in [6, 6.07) is 8.18. The molecule has 1 unspecified atom stereocenters. The zero-order valence-electron chi connectivity index (χ0n) is 17.6. The van der Waals surface area contributed by atoms with Crippen LogP contribution >= 0.6 is 11.6 Å². The van der Waals surface area contributed by atoms with Gasteiger partial charge in [0.25, 0.3) is 0 Å². The molecule has 0 saturated carbocycles. The summed E-state index contributed by atoms with van der Waals surface area (Å²) >= 11 is 6.12. The first-order valence-corrected chi connectivity index (χ1v) is 10.1. The maximum atomic E-state index is 12.7. The van der Waals surface area contributed by atoms with Crippen LogP contribution in [-0.2, 0) is 16.0 Å². The zero-order chi connectivity index (χ0) is 22.5. The number of hydrogen-bond donors (Lipinski definition) is 2. The summed E-state index contributed by atoms with van der Waals surface area (Å²) in [5.41, 5.74) is 2.35. The molecule has 1 aliphatic heterocycles. The van der Waals surface area contributed by atoms with Crippen molar-refractivity contribution in [1.82, 2.24) is 4.90 Å². The van der Waals surface area contributed by atoms with E-state index in [-0.39, 0.29) is 18.9 Å². The van der Waals surface area contributed by atoms with Crippen LogP contribution in [0.5, 0.6) is 17.2 Å². The maximum Gasteiger partial charge on any atom is 0.305 e. The molecule has 0 aliphatic carbocycles. The smallest absolute Gasteiger partial charge is 0.305 e. The number of nitrogens with one attached hydrogen (secondary N) is 1. The van der Waals surface area contributed by atoms with Gasteiger partial charge in [0.2, 0.25) is 5.91 Å². The zero-order valence-corrected chi connectivity index (χ0v) is 18.4. The summed E-state index contributed by atoms with van der Waals surface area (Å²) in [6.45, 7) is 0.576. The van der Waals surface area contributed by atoms with Crippen molar-refractivity contribution in [2.45, 2.75) is 18.9 Å². The normalized spacial score (nSPS) is 15.7. The third-order valence-corrected chi connectivity index (χ3v) is 5.56. The molecule has 0 spiro atoms. The first-order valence-electron chi connectivity index (χ1n) is 9.70. The largest absolute Gasteiger partial charge is 0.495 e. The average Bonchev–Trinajstić information content (AvgIpc) is 2.74. The second-order valence-electron chi connectivity index (χ2n) is 7.14. The van der Waals surface area contributed by atoms with Crippen molar-refractivity contribution in [3.8, 4) is 17.2 Å². The van der Waals surface area contributed by atoms with Crippen LogP contribution in [0.25, 0.3) is 0 Å². The van der Waals surface area contributed by atoms with Crippen molar-refractivity contribution in [2.75, 3.05) is 39.7 Å². The molecule has 31 heavy (non-hydrogen) atoms. The van der Waals surface area contributed by atoms with Crippen LogP contribution in [0.3, 0.4) is 0 Å². The van der Waals surface area contributed by atoms with Gasteiger partial charge in [-0.15, -0.1) is 0 Å². The van der Waals surface area contributed by atoms with Crippen molar-refractivity contribution in [2.24, 2.45) is 0 Å². The van der Waals surface area contributed by atoms with E-state index in [1.54, 1.807) is 31.4 Å². The number of carbonyl (C=O) groups excluding carboxylic acids is 1. The quantitative estimate of drug-likeness (QED) is 0.638. The topological polar surface area (TPSA) is 97.3 Å². The highest BCUT2D eigenvalue weighted by molar-refractivity contribution is 6.32. The Labute approximate surface area is 185 Å². The summed E-state index contributed by atoms with van der Waals surface area (Å²) < 4.78 is 15.9. The second-order valence-corrected chi connectivity index (χ2v) is 7.54. The Kier molecular flexibility index (Phi) is 7.25. The fourth-order valence-corrected chi connectivity index (χ4v) is 4.06. The average molecular weight is 449 g/mol. The van der Waals surface area contributed by atoms with Crippen molar-refractivity contribution < 1.29 is 28.9 Å². The number of aliphatic carboxylic acids is 1. The van der Waals surface area contributed by atoms with Gasteiger partial charge in [0, 0.05) is 18.3 Å². The molecular weight excluding hydrogens is 424 g/mol. The Hall–Kier alpha value is -2.97. The van der Waals surface area contributed by atoms with Crippen molar-refractivity contribution in [3.05, 3.63) is 46.5 Å². The molecular formula is C22H25ClN2O6. The van der Waals surface area contributed by atoms with E-state index >= 15 is 0 Å². The summed E-state index contributed by atoms with van der Waals surface area (Å²) in [7, 11) is 4.61. The Morgan fingerprint density at radius 1 is 1.10 bits per heavy atom. The molecule has 9 heteroatoms. The Bertz CT molecular complexity index is 981. The van der Waals surface area contributed by atoms with Crippen molar-refractivity contribution >= 4 is 29.2 Å². The van der Waals surface area contributed by atoms with Crippen LogP contribution in [-0.4, -0.2) is 56.3 Å². The first-order chi connectivity index (χ1) is 14.9. The number of ether oxygens (including phenoxy) is 3. The summed E-state index contributed by atoms with van der Waals surface area (Å²) in [4.78, 5) is 26.1. The van der Waals surface area contributed by atoms with Gasteiger partial charge in [-0.2, -0.15) is 0 Å². The fraction of sp³-hybridized carbons (Fsp3) is 0.364. The van der Waals surface area contributed by atoms with E-state index in [0.29, 0.717) is 40.9 Å². The molecule has 1 heterocycles. The van der Waals surface area contributed by atoms with Crippen LogP contribution in [0, 0.1) is 0 Å². The SMILES string of the molecule is COc1ccc(NC(=O)CN2CCc3cc(OC)c(OC)cc3C2CC(=O)O)cc1Cl. The van der Waals surface area contributed by atoms with E-state index in [1.165, 1.54) is 14.2 Å². The molecule has 0 saturated heterocycles. The van der Waals surface area contributed by atoms with E-state index in [1.807, 2.05) is 11.0 Å². The number of rotatable bonds is 8. The van der Waals surface area contributed by atoms with E-state index < -0.39 is 12.0 Å². The lowest BCUT2D eigenvalue weighted by Crippen LogP contribution is -2.41. The van der Waals surface area contributed by atoms with Gasteiger partial charge in [-0.3, -0.25) is 14.5 Å². The second kappa shape index (κ2) is 9.89. The van der Waals surface area contributed by atoms with Crippen LogP contribution < -0.4 is 19.5 Å². The molecule has 2 N–H and O–H groups in total. The predicted octanol–water partition coefficient (Wildman–Crippen LogP) is 3.38. The lowest BCUT2D eigenvalue weighted by molar-refractivity contribution is -0.139.